The number of hydrogen-bond donors (Lipinski definition) is 0. The van der Waals surface area contributed by atoms with E-state index in [9.17, 15) is 9.59 Å². The number of Topliss-reactive ketones (excluding diaryl/α,β-unsaturated/α-hetero) is 1. The molecular weight excluding hydrogens is 364 g/mol. The first-order valence-electron chi connectivity index (χ1n) is 8.70. The number of rotatable bonds is 4. The van der Waals surface area contributed by atoms with Crippen molar-refractivity contribution in [3.8, 4) is 23.0 Å². The number of carbonyl (C=O) groups excluding carboxylic acids is 2. The van der Waals surface area contributed by atoms with E-state index in [1.165, 1.54) is 7.11 Å². The Bertz CT molecular complexity index is 1010. The fraction of sp³-hybridized carbons (Fsp3) is 0.238. The lowest BCUT2D eigenvalue weighted by atomic mass is 10.1. The highest BCUT2D eigenvalue weighted by atomic mass is 16.7. The molecule has 0 saturated heterocycles. The largest absolute Gasteiger partial charge is 0.479 e. The zero-order valence-electron chi connectivity index (χ0n) is 15.6. The van der Waals surface area contributed by atoms with Gasteiger partial charge in [-0.25, -0.2) is 4.79 Å². The van der Waals surface area contributed by atoms with E-state index in [2.05, 4.69) is 4.74 Å². The molecule has 144 valence electrons. The number of carbonyl (C=O) groups is 2. The minimum atomic E-state index is -0.775. The molecule has 0 radical (unpaired) electrons. The Morgan fingerprint density at radius 2 is 1.96 bits per heavy atom. The highest BCUT2D eigenvalue weighted by molar-refractivity contribution is 6.15. The van der Waals surface area contributed by atoms with Gasteiger partial charge in [0.2, 0.25) is 12.6 Å². The average Bonchev–Trinajstić information content (AvgIpc) is 3.28. The topological polar surface area (TPSA) is 80.3 Å². The monoisotopic (exact) mass is 382 g/mol. The molecule has 0 spiro atoms. The lowest BCUT2D eigenvalue weighted by Gasteiger charge is -2.15. The van der Waals surface area contributed by atoms with E-state index < -0.39 is 12.1 Å². The van der Waals surface area contributed by atoms with Crippen LogP contribution >= 0.6 is 0 Å². The summed E-state index contributed by atoms with van der Waals surface area (Å²) in [6.07, 6.45) is 0.879. The van der Waals surface area contributed by atoms with Crippen LogP contribution in [0.2, 0.25) is 0 Å². The van der Waals surface area contributed by atoms with Crippen molar-refractivity contribution < 1.29 is 33.3 Å². The maximum Gasteiger partial charge on any atom is 0.346 e. The lowest BCUT2D eigenvalue weighted by molar-refractivity contribution is -0.147. The number of benzene rings is 2. The molecule has 28 heavy (non-hydrogen) atoms. The Hall–Kier alpha value is -3.48. The van der Waals surface area contributed by atoms with Crippen LogP contribution in [0.1, 0.15) is 28.4 Å². The van der Waals surface area contributed by atoms with Gasteiger partial charge in [-0.3, -0.25) is 4.79 Å². The van der Waals surface area contributed by atoms with Gasteiger partial charge in [0.15, 0.2) is 23.4 Å². The first-order chi connectivity index (χ1) is 13.5. The Morgan fingerprint density at radius 1 is 1.18 bits per heavy atom. The second kappa shape index (κ2) is 6.92. The van der Waals surface area contributed by atoms with E-state index in [1.54, 1.807) is 44.2 Å². The number of allylic oxidation sites excluding steroid dienone is 1. The average molecular weight is 382 g/mol. The minimum Gasteiger partial charge on any atom is -0.479 e. The number of hydrogen-bond acceptors (Lipinski definition) is 7. The van der Waals surface area contributed by atoms with Gasteiger partial charge in [0.25, 0.3) is 0 Å². The first-order valence-corrected chi connectivity index (χ1v) is 8.70. The van der Waals surface area contributed by atoms with Crippen LogP contribution in [-0.4, -0.2) is 31.8 Å². The minimum absolute atomic E-state index is 0.183. The molecule has 0 amide bonds. The van der Waals surface area contributed by atoms with E-state index in [-0.39, 0.29) is 18.3 Å². The molecule has 0 aliphatic carbocycles. The predicted molar refractivity (Wildman–Crippen MR) is 98.8 cm³/mol. The van der Waals surface area contributed by atoms with Gasteiger partial charge >= 0.3 is 5.97 Å². The summed E-state index contributed by atoms with van der Waals surface area (Å²) in [4.78, 5) is 24.3. The lowest BCUT2D eigenvalue weighted by Crippen LogP contribution is -2.25. The van der Waals surface area contributed by atoms with Crippen molar-refractivity contribution in [3.63, 3.8) is 0 Å². The number of fused-ring (bicyclic) bond motifs is 2. The Kier molecular flexibility index (Phi) is 4.43. The molecule has 0 N–H and O–H groups in total. The van der Waals surface area contributed by atoms with Crippen molar-refractivity contribution in [1.29, 1.82) is 0 Å². The maximum atomic E-state index is 12.7. The van der Waals surface area contributed by atoms with Gasteiger partial charge < -0.3 is 23.7 Å². The molecule has 7 heteroatoms. The molecule has 2 aliphatic heterocycles. The highest BCUT2D eigenvalue weighted by Gasteiger charge is 2.31. The van der Waals surface area contributed by atoms with Gasteiger partial charge in [-0.2, -0.15) is 0 Å². The fourth-order valence-corrected chi connectivity index (χ4v) is 3.05. The molecule has 2 aromatic carbocycles. The second-order valence-corrected chi connectivity index (χ2v) is 6.40. The van der Waals surface area contributed by atoms with E-state index >= 15 is 0 Å². The molecule has 7 nitrogen and oxygen atoms in total. The number of ketones is 1. The summed E-state index contributed by atoms with van der Waals surface area (Å²) < 4.78 is 26.8. The number of methoxy groups -OCH3 is 1. The summed E-state index contributed by atoms with van der Waals surface area (Å²) in [5.74, 6) is 1.67. The molecule has 1 atom stereocenters. The normalized spacial score (nSPS) is 16.5. The summed E-state index contributed by atoms with van der Waals surface area (Å²) in [6, 6.07) is 8.67. The van der Waals surface area contributed by atoms with Crippen LogP contribution in [0.25, 0.3) is 6.08 Å². The molecule has 1 unspecified atom stereocenters. The van der Waals surface area contributed by atoms with Crippen molar-refractivity contribution in [1.82, 2.24) is 0 Å². The van der Waals surface area contributed by atoms with Crippen molar-refractivity contribution >= 4 is 17.8 Å². The standard InChI is InChI=1S/C21H18O7/c1-11-15(27-12(2)21(23)24-3)7-5-14-19(22)18(28-20(11)14)9-13-4-6-16-17(8-13)26-10-25-16/h4-9,12H,10H2,1-3H3. The van der Waals surface area contributed by atoms with Crippen LogP contribution in [0.3, 0.4) is 0 Å². The molecular formula is C21H18O7. The van der Waals surface area contributed by atoms with Crippen LogP contribution in [0.5, 0.6) is 23.0 Å². The van der Waals surface area contributed by atoms with Crippen molar-refractivity contribution in [2.24, 2.45) is 0 Å². The molecule has 0 bridgehead atoms. The van der Waals surface area contributed by atoms with Crippen LogP contribution in [-0.2, 0) is 9.53 Å². The Balaban J connectivity index is 1.61. The van der Waals surface area contributed by atoms with Gasteiger partial charge in [0.05, 0.1) is 12.7 Å². The SMILES string of the molecule is COC(=O)C(C)Oc1ccc2c(c1C)OC(=Cc1ccc3c(c1)OCO3)C2=O. The van der Waals surface area contributed by atoms with Gasteiger partial charge in [0, 0.05) is 5.56 Å². The fourth-order valence-electron chi connectivity index (χ4n) is 3.05. The third-order valence-electron chi connectivity index (χ3n) is 4.57. The first kappa shape index (κ1) is 17.9. The third-order valence-corrected chi connectivity index (χ3v) is 4.57. The molecule has 0 fully saturated rings. The quantitative estimate of drug-likeness (QED) is 0.593. The molecule has 4 rings (SSSR count). The van der Waals surface area contributed by atoms with Crippen molar-refractivity contribution in [2.75, 3.05) is 13.9 Å². The summed E-state index contributed by atoms with van der Waals surface area (Å²) in [5, 5.41) is 0. The van der Waals surface area contributed by atoms with Crippen molar-refractivity contribution in [2.45, 2.75) is 20.0 Å². The van der Waals surface area contributed by atoms with Crippen LogP contribution in [0.15, 0.2) is 36.1 Å². The van der Waals surface area contributed by atoms with Crippen LogP contribution in [0, 0.1) is 6.92 Å². The highest BCUT2D eigenvalue weighted by Crippen LogP contribution is 2.40. The van der Waals surface area contributed by atoms with Gasteiger partial charge in [0.1, 0.15) is 11.5 Å². The smallest absolute Gasteiger partial charge is 0.346 e. The molecule has 2 aliphatic rings. The zero-order chi connectivity index (χ0) is 19.8. The third kappa shape index (κ3) is 3.05. The number of esters is 1. The van der Waals surface area contributed by atoms with E-state index in [4.69, 9.17) is 18.9 Å². The van der Waals surface area contributed by atoms with Crippen LogP contribution < -0.4 is 18.9 Å². The summed E-state index contributed by atoms with van der Waals surface area (Å²) in [5.41, 5.74) is 1.84. The Labute approximate surface area is 161 Å². The Morgan fingerprint density at radius 3 is 2.75 bits per heavy atom. The zero-order valence-corrected chi connectivity index (χ0v) is 15.6. The molecule has 2 heterocycles. The van der Waals surface area contributed by atoms with E-state index in [0.29, 0.717) is 34.1 Å². The summed E-state index contributed by atoms with van der Waals surface area (Å²) >= 11 is 0. The van der Waals surface area contributed by atoms with E-state index in [0.717, 1.165) is 5.56 Å². The predicted octanol–water partition coefficient (Wildman–Crippen LogP) is 3.28. The maximum absolute atomic E-state index is 12.7. The molecule has 0 saturated carbocycles. The molecule has 2 aromatic rings. The van der Waals surface area contributed by atoms with Gasteiger partial charge in [-0.1, -0.05) is 6.07 Å². The summed E-state index contributed by atoms with van der Waals surface area (Å²) in [6.45, 7) is 3.55. The number of ether oxygens (including phenoxy) is 5. The second-order valence-electron chi connectivity index (χ2n) is 6.40. The molecule has 0 aromatic heterocycles. The van der Waals surface area contributed by atoms with E-state index in [1.807, 2.05) is 6.07 Å². The van der Waals surface area contributed by atoms with Gasteiger partial charge in [-0.15, -0.1) is 0 Å². The van der Waals surface area contributed by atoms with Crippen LogP contribution in [0.4, 0.5) is 0 Å². The van der Waals surface area contributed by atoms with Gasteiger partial charge in [-0.05, 0) is 49.8 Å². The summed E-state index contributed by atoms with van der Waals surface area (Å²) in [7, 11) is 1.30. The van der Waals surface area contributed by atoms with Crippen molar-refractivity contribution in [3.05, 3.63) is 52.8 Å².